The van der Waals surface area contributed by atoms with Gasteiger partial charge in [-0.1, -0.05) is 30.3 Å². The molecule has 0 saturated carbocycles. The second-order valence-corrected chi connectivity index (χ2v) is 8.89. The molecule has 9 nitrogen and oxygen atoms in total. The minimum Gasteiger partial charge on any atom is -0.445 e. The SMILES string of the molecule is CCOP(=O)(OCC)c1ccc(-c2nc3c(NC)ncnc3n2CCc2ccccc2)o1. The maximum absolute atomic E-state index is 13.1. The number of benzene rings is 1. The largest absolute Gasteiger partial charge is 0.445 e. The summed E-state index contributed by atoms with van der Waals surface area (Å²) < 4.78 is 31.9. The van der Waals surface area contributed by atoms with Crippen LogP contribution in [0.3, 0.4) is 0 Å². The lowest BCUT2D eigenvalue weighted by atomic mass is 10.1. The fourth-order valence-electron chi connectivity index (χ4n) is 3.50. The minimum atomic E-state index is -3.54. The first kappa shape index (κ1) is 22.2. The molecule has 0 spiro atoms. The van der Waals surface area contributed by atoms with E-state index in [1.54, 1.807) is 33.0 Å². The van der Waals surface area contributed by atoms with Crippen LogP contribution in [0.1, 0.15) is 19.4 Å². The number of imidazole rings is 1. The van der Waals surface area contributed by atoms with Crippen LogP contribution in [0.5, 0.6) is 0 Å². The van der Waals surface area contributed by atoms with E-state index in [2.05, 4.69) is 27.4 Å². The molecule has 3 aromatic heterocycles. The van der Waals surface area contributed by atoms with Crippen LogP contribution in [0.15, 0.2) is 53.2 Å². The van der Waals surface area contributed by atoms with Crippen molar-refractivity contribution in [3.05, 3.63) is 54.4 Å². The number of furan rings is 1. The van der Waals surface area contributed by atoms with E-state index in [1.807, 2.05) is 22.8 Å². The quantitative estimate of drug-likeness (QED) is 0.354. The van der Waals surface area contributed by atoms with Crippen molar-refractivity contribution < 1.29 is 18.0 Å². The molecule has 0 amide bonds. The Morgan fingerprint density at radius 3 is 2.50 bits per heavy atom. The zero-order valence-electron chi connectivity index (χ0n) is 18.3. The minimum absolute atomic E-state index is 0.151. The maximum Gasteiger partial charge on any atom is 0.396 e. The van der Waals surface area contributed by atoms with E-state index < -0.39 is 7.60 Å². The van der Waals surface area contributed by atoms with Gasteiger partial charge in [0.25, 0.3) is 0 Å². The molecule has 10 heteroatoms. The lowest BCUT2D eigenvalue weighted by molar-refractivity contribution is 0.225. The van der Waals surface area contributed by atoms with Crippen molar-refractivity contribution in [2.75, 3.05) is 25.6 Å². The van der Waals surface area contributed by atoms with Gasteiger partial charge in [-0.3, -0.25) is 4.57 Å². The van der Waals surface area contributed by atoms with E-state index in [-0.39, 0.29) is 18.7 Å². The van der Waals surface area contributed by atoms with Crippen molar-refractivity contribution in [3.8, 4) is 11.6 Å². The van der Waals surface area contributed by atoms with Gasteiger partial charge in [0.05, 0.1) is 13.2 Å². The summed E-state index contributed by atoms with van der Waals surface area (Å²) in [5.41, 5.74) is 2.66. The summed E-state index contributed by atoms with van der Waals surface area (Å²) in [7, 11) is -1.76. The molecule has 0 aliphatic heterocycles. The van der Waals surface area contributed by atoms with Crippen LogP contribution in [0.4, 0.5) is 5.82 Å². The summed E-state index contributed by atoms with van der Waals surface area (Å²) >= 11 is 0. The summed E-state index contributed by atoms with van der Waals surface area (Å²) in [5, 5.41) is 3.06. The van der Waals surface area contributed by atoms with Gasteiger partial charge in [0.2, 0.25) is 5.50 Å². The molecule has 3 heterocycles. The molecule has 32 heavy (non-hydrogen) atoms. The summed E-state index contributed by atoms with van der Waals surface area (Å²) in [6.45, 7) is 4.63. The van der Waals surface area contributed by atoms with Crippen LogP contribution in [-0.2, 0) is 26.6 Å². The molecule has 0 saturated heterocycles. The van der Waals surface area contributed by atoms with Gasteiger partial charge in [-0.05, 0) is 38.0 Å². The van der Waals surface area contributed by atoms with Gasteiger partial charge < -0.3 is 23.3 Å². The van der Waals surface area contributed by atoms with E-state index >= 15 is 0 Å². The number of fused-ring (bicyclic) bond motifs is 1. The van der Waals surface area contributed by atoms with Crippen LogP contribution < -0.4 is 10.8 Å². The molecule has 4 aromatic rings. The molecule has 0 unspecified atom stereocenters. The molecule has 0 bridgehead atoms. The Morgan fingerprint density at radius 1 is 1.06 bits per heavy atom. The highest BCUT2D eigenvalue weighted by atomic mass is 31.2. The van der Waals surface area contributed by atoms with E-state index in [1.165, 1.54) is 11.9 Å². The number of hydrogen-bond acceptors (Lipinski definition) is 8. The van der Waals surface area contributed by atoms with Crippen molar-refractivity contribution >= 4 is 30.1 Å². The van der Waals surface area contributed by atoms with Crippen molar-refractivity contribution in [2.24, 2.45) is 0 Å². The van der Waals surface area contributed by atoms with Crippen molar-refractivity contribution in [1.82, 2.24) is 19.5 Å². The van der Waals surface area contributed by atoms with E-state index in [0.717, 1.165) is 6.42 Å². The number of aromatic nitrogens is 4. The average Bonchev–Trinajstić information content (AvgIpc) is 3.44. The third-order valence-electron chi connectivity index (χ3n) is 4.92. The molecule has 168 valence electrons. The first-order chi connectivity index (χ1) is 15.6. The van der Waals surface area contributed by atoms with Crippen LogP contribution in [0.2, 0.25) is 0 Å². The Hall–Kier alpha value is -3.00. The summed E-state index contributed by atoms with van der Waals surface area (Å²) in [4.78, 5) is 13.5. The zero-order valence-corrected chi connectivity index (χ0v) is 19.2. The third kappa shape index (κ3) is 4.32. The molecule has 0 atom stereocenters. The highest BCUT2D eigenvalue weighted by Gasteiger charge is 2.32. The van der Waals surface area contributed by atoms with Crippen molar-refractivity contribution in [2.45, 2.75) is 26.8 Å². The molecule has 4 rings (SSSR count). The van der Waals surface area contributed by atoms with Crippen molar-refractivity contribution in [3.63, 3.8) is 0 Å². The van der Waals surface area contributed by atoms with Crippen LogP contribution >= 0.6 is 7.60 Å². The maximum atomic E-state index is 13.1. The second kappa shape index (κ2) is 9.65. The molecular formula is C22H26N5O4P. The van der Waals surface area contributed by atoms with E-state index in [9.17, 15) is 4.57 Å². The van der Waals surface area contributed by atoms with Crippen molar-refractivity contribution in [1.29, 1.82) is 0 Å². The van der Waals surface area contributed by atoms with Gasteiger partial charge in [-0.25, -0.2) is 15.0 Å². The highest BCUT2D eigenvalue weighted by Crippen LogP contribution is 2.47. The predicted octanol–water partition coefficient (Wildman–Crippen LogP) is 4.26. The molecule has 1 aromatic carbocycles. The molecule has 0 aliphatic rings. The Morgan fingerprint density at radius 2 is 1.81 bits per heavy atom. The number of nitrogens with one attached hydrogen (secondary N) is 1. The Balaban J connectivity index is 1.78. The summed E-state index contributed by atoms with van der Waals surface area (Å²) in [6, 6.07) is 13.5. The fourth-order valence-corrected chi connectivity index (χ4v) is 4.98. The van der Waals surface area contributed by atoms with Gasteiger partial charge in [0.1, 0.15) is 6.33 Å². The van der Waals surface area contributed by atoms with Gasteiger partial charge in [0.15, 0.2) is 28.6 Å². The second-order valence-electron chi connectivity index (χ2n) is 6.94. The first-order valence-corrected chi connectivity index (χ1v) is 12.1. The number of nitrogens with zero attached hydrogens (tertiary/aromatic N) is 4. The zero-order chi connectivity index (χ0) is 22.6. The molecule has 0 fully saturated rings. The monoisotopic (exact) mass is 455 g/mol. The van der Waals surface area contributed by atoms with Crippen LogP contribution in [0, 0.1) is 0 Å². The number of rotatable bonds is 10. The predicted molar refractivity (Wildman–Crippen MR) is 123 cm³/mol. The van der Waals surface area contributed by atoms with E-state index in [0.29, 0.717) is 35.1 Å². The molecule has 1 N–H and O–H groups in total. The first-order valence-electron chi connectivity index (χ1n) is 10.5. The number of hydrogen-bond donors (Lipinski definition) is 1. The average molecular weight is 455 g/mol. The lowest BCUT2D eigenvalue weighted by Gasteiger charge is -2.14. The number of anilines is 1. The fraction of sp³-hybridized carbons (Fsp3) is 0.318. The van der Waals surface area contributed by atoms with Gasteiger partial charge in [0, 0.05) is 13.6 Å². The Bertz CT molecular complexity index is 1230. The normalized spacial score (nSPS) is 11.8. The topological polar surface area (TPSA) is 104 Å². The highest BCUT2D eigenvalue weighted by molar-refractivity contribution is 7.61. The number of aryl methyl sites for hydroxylation is 2. The summed E-state index contributed by atoms with van der Waals surface area (Å²) in [6.07, 6.45) is 2.28. The van der Waals surface area contributed by atoms with E-state index in [4.69, 9.17) is 18.4 Å². The molecular weight excluding hydrogens is 429 g/mol. The Kier molecular flexibility index (Phi) is 6.69. The van der Waals surface area contributed by atoms with Gasteiger partial charge in [-0.2, -0.15) is 0 Å². The lowest BCUT2D eigenvalue weighted by Crippen LogP contribution is -2.08. The Labute approximate surface area is 186 Å². The van der Waals surface area contributed by atoms with Gasteiger partial charge >= 0.3 is 7.60 Å². The smallest absolute Gasteiger partial charge is 0.396 e. The molecule has 0 aliphatic carbocycles. The summed E-state index contributed by atoms with van der Waals surface area (Å²) in [5.74, 6) is 1.64. The van der Waals surface area contributed by atoms with Crippen LogP contribution in [0.25, 0.3) is 22.7 Å². The standard InChI is InChI=1S/C22H26N5O4P/c1-4-29-32(28,30-5-2)18-12-11-17(31-18)21-26-19-20(23-3)24-15-25-22(19)27(21)14-13-16-9-7-6-8-10-16/h6-12,15H,4-5,13-14H2,1-3H3,(H,23,24,25). The third-order valence-corrected chi connectivity index (χ3v) is 6.89. The van der Waals surface area contributed by atoms with Crippen LogP contribution in [-0.4, -0.2) is 39.8 Å². The molecule has 0 radical (unpaired) electrons. The van der Waals surface area contributed by atoms with Gasteiger partial charge in [-0.15, -0.1) is 0 Å².